The van der Waals surface area contributed by atoms with Crippen molar-refractivity contribution in [1.82, 2.24) is 13.9 Å². The number of hydrogen-bond acceptors (Lipinski definition) is 4. The fourth-order valence-corrected chi connectivity index (χ4v) is 4.81. The maximum absolute atomic E-state index is 12.4. The van der Waals surface area contributed by atoms with Crippen LogP contribution in [0.4, 0.5) is 0 Å². The van der Waals surface area contributed by atoms with E-state index >= 15 is 0 Å². The van der Waals surface area contributed by atoms with Crippen LogP contribution in [0.15, 0.2) is 0 Å². The molecule has 8 heteroatoms. The van der Waals surface area contributed by atoms with Gasteiger partial charge in [0.25, 0.3) is 10.2 Å². The van der Waals surface area contributed by atoms with Crippen molar-refractivity contribution in [3.8, 4) is 0 Å². The molecule has 0 aromatic heterocycles. The number of aliphatic carboxylic acids is 1. The molecule has 1 aliphatic carbocycles. The van der Waals surface area contributed by atoms with E-state index < -0.39 is 22.1 Å². The van der Waals surface area contributed by atoms with E-state index in [1.807, 2.05) is 0 Å². The number of hydrogen-bond donors (Lipinski definition) is 2. The van der Waals surface area contributed by atoms with E-state index in [2.05, 4.69) is 9.62 Å². The smallest absolute Gasteiger partial charge is 0.307 e. The van der Waals surface area contributed by atoms with Gasteiger partial charge in [-0.25, -0.2) is 0 Å². The number of piperidine rings is 1. The van der Waals surface area contributed by atoms with Gasteiger partial charge in [0, 0.05) is 38.3 Å². The molecule has 2 N–H and O–H groups in total. The van der Waals surface area contributed by atoms with Crippen LogP contribution in [0.2, 0.25) is 0 Å². The van der Waals surface area contributed by atoms with Crippen molar-refractivity contribution in [2.75, 3.05) is 26.2 Å². The Morgan fingerprint density at radius 2 is 1.86 bits per heavy atom. The Kier molecular flexibility index (Phi) is 4.22. The Morgan fingerprint density at radius 1 is 1.10 bits per heavy atom. The number of nitrogens with one attached hydrogen (secondary N) is 1. The highest BCUT2D eigenvalue weighted by atomic mass is 32.2. The minimum absolute atomic E-state index is 0.0409. The maximum atomic E-state index is 12.4. The summed E-state index contributed by atoms with van der Waals surface area (Å²) < 4.78 is 28.9. The molecule has 2 saturated heterocycles. The third-order valence-corrected chi connectivity index (χ3v) is 6.31. The third kappa shape index (κ3) is 3.56. The van der Waals surface area contributed by atoms with Crippen molar-refractivity contribution in [3.05, 3.63) is 0 Å². The van der Waals surface area contributed by atoms with E-state index in [-0.39, 0.29) is 12.6 Å². The highest BCUT2D eigenvalue weighted by molar-refractivity contribution is 7.87. The number of carboxylic acids is 1. The van der Waals surface area contributed by atoms with Crippen LogP contribution in [0.1, 0.15) is 32.1 Å². The molecule has 0 aromatic carbocycles. The topological polar surface area (TPSA) is 90.0 Å². The predicted octanol–water partition coefficient (Wildman–Crippen LogP) is -0.146. The van der Waals surface area contributed by atoms with E-state index in [0.29, 0.717) is 25.4 Å². The first-order valence-electron chi connectivity index (χ1n) is 7.70. The number of likely N-dealkylation sites (tertiary alicyclic amines) is 1. The molecule has 1 saturated carbocycles. The van der Waals surface area contributed by atoms with Crippen LogP contribution in [-0.2, 0) is 15.0 Å². The first-order chi connectivity index (χ1) is 9.95. The molecule has 3 aliphatic rings. The summed E-state index contributed by atoms with van der Waals surface area (Å²) in [6.07, 6.45) is 4.46. The molecule has 0 spiro atoms. The minimum Gasteiger partial charge on any atom is -0.481 e. The van der Waals surface area contributed by atoms with Gasteiger partial charge in [-0.15, -0.1) is 0 Å². The van der Waals surface area contributed by atoms with Crippen molar-refractivity contribution >= 4 is 16.2 Å². The molecular weight excluding hydrogens is 294 g/mol. The van der Waals surface area contributed by atoms with Crippen LogP contribution in [-0.4, -0.2) is 67.0 Å². The number of nitrogens with zero attached hydrogens (tertiary/aromatic N) is 2. The third-order valence-electron chi connectivity index (χ3n) is 4.67. The van der Waals surface area contributed by atoms with Gasteiger partial charge in [-0.3, -0.25) is 9.69 Å². The molecule has 0 radical (unpaired) electrons. The standard InChI is InChI=1S/C13H23N3O4S/c17-13(18)10-2-1-6-16(8-10)21(19,20)14-11-5-7-15(9-11)12-3-4-12/h10-12,14H,1-9H2,(H,17,18). The first-order valence-corrected chi connectivity index (χ1v) is 9.14. The van der Waals surface area contributed by atoms with Crippen LogP contribution >= 0.6 is 0 Å². The van der Waals surface area contributed by atoms with Crippen LogP contribution in [0, 0.1) is 5.92 Å². The van der Waals surface area contributed by atoms with Crippen LogP contribution in [0.5, 0.6) is 0 Å². The number of carboxylic acid groups (broad SMARTS) is 1. The molecule has 3 fully saturated rings. The molecule has 2 atom stereocenters. The minimum atomic E-state index is -3.57. The van der Waals surface area contributed by atoms with E-state index in [9.17, 15) is 13.2 Å². The average Bonchev–Trinajstić information content (AvgIpc) is 3.20. The molecule has 21 heavy (non-hydrogen) atoms. The lowest BCUT2D eigenvalue weighted by molar-refractivity contribution is -0.142. The van der Waals surface area contributed by atoms with Gasteiger partial charge in [0.2, 0.25) is 0 Å². The lowest BCUT2D eigenvalue weighted by Gasteiger charge is -2.30. The predicted molar refractivity (Wildman–Crippen MR) is 77.0 cm³/mol. The summed E-state index contributed by atoms with van der Waals surface area (Å²) in [7, 11) is -3.57. The quantitative estimate of drug-likeness (QED) is 0.736. The Labute approximate surface area is 125 Å². The van der Waals surface area contributed by atoms with E-state index in [4.69, 9.17) is 5.11 Å². The summed E-state index contributed by atoms with van der Waals surface area (Å²) in [6, 6.07) is 0.617. The summed E-state index contributed by atoms with van der Waals surface area (Å²) >= 11 is 0. The van der Waals surface area contributed by atoms with Crippen molar-refractivity contribution in [2.24, 2.45) is 5.92 Å². The van der Waals surface area contributed by atoms with Crippen LogP contribution < -0.4 is 4.72 Å². The summed E-state index contributed by atoms with van der Waals surface area (Å²) in [5.41, 5.74) is 0. The van der Waals surface area contributed by atoms with Crippen molar-refractivity contribution in [1.29, 1.82) is 0 Å². The van der Waals surface area contributed by atoms with Gasteiger partial charge >= 0.3 is 5.97 Å². The van der Waals surface area contributed by atoms with E-state index in [1.165, 1.54) is 17.1 Å². The molecule has 0 amide bonds. The van der Waals surface area contributed by atoms with Gasteiger partial charge in [-0.2, -0.15) is 17.4 Å². The number of rotatable bonds is 5. The van der Waals surface area contributed by atoms with Crippen LogP contribution in [0.3, 0.4) is 0 Å². The van der Waals surface area contributed by atoms with E-state index in [1.54, 1.807) is 0 Å². The zero-order chi connectivity index (χ0) is 15.0. The van der Waals surface area contributed by atoms with Gasteiger partial charge < -0.3 is 5.11 Å². The van der Waals surface area contributed by atoms with Gasteiger partial charge in [-0.05, 0) is 32.1 Å². The molecule has 2 unspecified atom stereocenters. The van der Waals surface area contributed by atoms with Gasteiger partial charge in [-0.1, -0.05) is 0 Å². The molecule has 0 aromatic rings. The number of carbonyl (C=O) groups is 1. The van der Waals surface area contributed by atoms with Crippen molar-refractivity contribution in [2.45, 2.75) is 44.2 Å². The second-order valence-corrected chi connectivity index (χ2v) is 8.07. The van der Waals surface area contributed by atoms with Gasteiger partial charge in [0.1, 0.15) is 0 Å². The largest absolute Gasteiger partial charge is 0.481 e. The first kappa shape index (κ1) is 15.2. The maximum Gasteiger partial charge on any atom is 0.307 e. The highest BCUT2D eigenvalue weighted by Gasteiger charge is 2.38. The molecule has 120 valence electrons. The molecule has 7 nitrogen and oxygen atoms in total. The zero-order valence-electron chi connectivity index (χ0n) is 12.1. The summed E-state index contributed by atoms with van der Waals surface area (Å²) in [6.45, 7) is 2.23. The second-order valence-electron chi connectivity index (χ2n) is 6.37. The second kappa shape index (κ2) is 5.83. The fraction of sp³-hybridized carbons (Fsp3) is 0.923. The lowest BCUT2D eigenvalue weighted by atomic mass is 10.0. The van der Waals surface area contributed by atoms with Crippen molar-refractivity contribution in [3.63, 3.8) is 0 Å². The lowest BCUT2D eigenvalue weighted by Crippen LogP contribution is -2.50. The fourth-order valence-electron chi connectivity index (χ4n) is 3.30. The molecule has 2 aliphatic heterocycles. The Balaban J connectivity index is 1.57. The monoisotopic (exact) mass is 317 g/mol. The molecule has 2 heterocycles. The normalized spacial score (nSPS) is 32.4. The molecule has 3 rings (SSSR count). The summed E-state index contributed by atoms with van der Waals surface area (Å²) in [4.78, 5) is 13.4. The average molecular weight is 317 g/mol. The summed E-state index contributed by atoms with van der Waals surface area (Å²) in [5, 5.41) is 9.06. The SMILES string of the molecule is O=C(O)C1CCCN(S(=O)(=O)NC2CCN(C3CC3)C2)C1. The van der Waals surface area contributed by atoms with Gasteiger partial charge in [0.05, 0.1) is 5.92 Å². The van der Waals surface area contributed by atoms with Crippen LogP contribution in [0.25, 0.3) is 0 Å². The Hall–Kier alpha value is -0.700. The van der Waals surface area contributed by atoms with Gasteiger partial charge in [0.15, 0.2) is 0 Å². The van der Waals surface area contributed by atoms with Crippen molar-refractivity contribution < 1.29 is 18.3 Å². The zero-order valence-corrected chi connectivity index (χ0v) is 12.9. The Bertz CT molecular complexity index is 506. The Morgan fingerprint density at radius 3 is 2.52 bits per heavy atom. The molecule has 0 bridgehead atoms. The molecular formula is C13H23N3O4S. The van der Waals surface area contributed by atoms with E-state index in [0.717, 1.165) is 19.5 Å². The summed E-state index contributed by atoms with van der Waals surface area (Å²) in [5.74, 6) is -1.49. The highest BCUT2D eigenvalue weighted by Crippen LogP contribution is 2.30.